The predicted molar refractivity (Wildman–Crippen MR) is 147 cm³/mol. The van der Waals surface area contributed by atoms with Crippen molar-refractivity contribution < 1.29 is 19.1 Å². The highest BCUT2D eigenvalue weighted by Gasteiger charge is 2.66. The highest BCUT2D eigenvalue weighted by Crippen LogP contribution is 2.55. The van der Waals surface area contributed by atoms with Crippen molar-refractivity contribution in [2.24, 2.45) is 0 Å². The molecule has 0 unspecified atom stereocenters. The molecular formula is C32H28N2O4. The van der Waals surface area contributed by atoms with E-state index in [2.05, 4.69) is 0 Å². The number of ether oxygens (including phenoxy) is 2. The number of carbonyl (C=O) groups is 2. The van der Waals surface area contributed by atoms with Gasteiger partial charge in [0, 0.05) is 18.0 Å². The van der Waals surface area contributed by atoms with Crippen LogP contribution < -0.4 is 19.3 Å². The number of amides is 2. The topological polar surface area (TPSA) is 59.1 Å². The van der Waals surface area contributed by atoms with Gasteiger partial charge in [-0.1, -0.05) is 60.7 Å². The molecule has 38 heavy (non-hydrogen) atoms. The molecule has 4 aromatic carbocycles. The van der Waals surface area contributed by atoms with Crippen LogP contribution in [0.5, 0.6) is 11.5 Å². The lowest BCUT2D eigenvalue weighted by molar-refractivity contribution is -0.142. The van der Waals surface area contributed by atoms with E-state index >= 15 is 0 Å². The van der Waals surface area contributed by atoms with Gasteiger partial charge < -0.3 is 14.4 Å². The zero-order chi connectivity index (χ0) is 26.3. The molecule has 2 heterocycles. The van der Waals surface area contributed by atoms with Crippen molar-refractivity contribution >= 4 is 23.2 Å². The zero-order valence-corrected chi connectivity index (χ0v) is 21.3. The number of methoxy groups -OCH3 is 1. The molecule has 0 bridgehead atoms. The Balaban J connectivity index is 1.53. The van der Waals surface area contributed by atoms with Crippen LogP contribution in [0.15, 0.2) is 109 Å². The van der Waals surface area contributed by atoms with Crippen LogP contribution in [0.4, 0.5) is 11.4 Å². The minimum Gasteiger partial charge on any atom is -0.497 e. The summed E-state index contributed by atoms with van der Waals surface area (Å²) in [7, 11) is 1.63. The fourth-order valence-corrected chi connectivity index (χ4v) is 5.83. The van der Waals surface area contributed by atoms with Crippen molar-refractivity contribution in [3.05, 3.63) is 120 Å². The largest absolute Gasteiger partial charge is 0.497 e. The fraction of sp³-hybridized carbons (Fsp3) is 0.188. The summed E-state index contributed by atoms with van der Waals surface area (Å²) < 4.78 is 11.8. The maximum Gasteiger partial charge on any atom is 0.271 e. The quantitative estimate of drug-likeness (QED) is 0.321. The van der Waals surface area contributed by atoms with Crippen LogP contribution in [-0.2, 0) is 10.3 Å². The van der Waals surface area contributed by atoms with Crippen molar-refractivity contribution in [3.63, 3.8) is 0 Å². The molecule has 6 rings (SSSR count). The second-order valence-electron chi connectivity index (χ2n) is 9.72. The van der Waals surface area contributed by atoms with Crippen molar-refractivity contribution in [2.45, 2.75) is 31.0 Å². The van der Waals surface area contributed by atoms with E-state index in [9.17, 15) is 9.59 Å². The Morgan fingerprint density at radius 3 is 2.05 bits per heavy atom. The van der Waals surface area contributed by atoms with E-state index < -0.39 is 11.6 Å². The minimum absolute atomic E-state index is 0.106. The monoisotopic (exact) mass is 504 g/mol. The molecule has 0 N–H and O–H groups in total. The summed E-state index contributed by atoms with van der Waals surface area (Å²) in [6.07, 6.45) is -0.281. The van der Waals surface area contributed by atoms with Gasteiger partial charge in [-0.2, -0.15) is 0 Å². The molecule has 2 aliphatic heterocycles. The number of rotatable bonds is 5. The van der Waals surface area contributed by atoms with Crippen molar-refractivity contribution in [1.29, 1.82) is 0 Å². The van der Waals surface area contributed by atoms with E-state index in [1.807, 2.05) is 126 Å². The van der Waals surface area contributed by atoms with Crippen LogP contribution in [0.25, 0.3) is 0 Å². The summed E-state index contributed by atoms with van der Waals surface area (Å²) in [5, 5.41) is 0. The summed E-state index contributed by atoms with van der Waals surface area (Å²) in [6, 6.07) is 33.8. The average molecular weight is 505 g/mol. The summed E-state index contributed by atoms with van der Waals surface area (Å²) in [5.41, 5.74) is 2.08. The van der Waals surface area contributed by atoms with Gasteiger partial charge in [0.05, 0.1) is 18.5 Å². The average Bonchev–Trinajstić information content (AvgIpc) is 3.07. The van der Waals surface area contributed by atoms with Crippen molar-refractivity contribution in [2.75, 3.05) is 16.9 Å². The molecule has 0 radical (unpaired) electrons. The molecule has 190 valence electrons. The molecule has 0 aromatic heterocycles. The smallest absolute Gasteiger partial charge is 0.271 e. The van der Waals surface area contributed by atoms with E-state index in [-0.39, 0.29) is 17.9 Å². The van der Waals surface area contributed by atoms with E-state index in [0.717, 1.165) is 11.3 Å². The third-order valence-electron chi connectivity index (χ3n) is 7.53. The SMILES string of the molecule is COc1ccc([C@@]23C[C@H](C)N(C(=O)c4ccccc4)c4ccccc4N2C(=O)[C@H]3Oc2ccccc2)cc1. The first-order chi connectivity index (χ1) is 18.5. The zero-order valence-electron chi connectivity index (χ0n) is 21.3. The van der Waals surface area contributed by atoms with Crippen LogP contribution in [0.2, 0.25) is 0 Å². The van der Waals surface area contributed by atoms with Gasteiger partial charge >= 0.3 is 0 Å². The fourth-order valence-electron chi connectivity index (χ4n) is 5.83. The molecule has 6 heteroatoms. The van der Waals surface area contributed by atoms with Crippen LogP contribution in [0, 0.1) is 0 Å². The molecule has 2 aliphatic rings. The molecule has 3 atom stereocenters. The summed E-state index contributed by atoms with van der Waals surface area (Å²) in [5.74, 6) is 1.11. The van der Waals surface area contributed by atoms with Gasteiger partial charge in [-0.3, -0.25) is 14.5 Å². The van der Waals surface area contributed by atoms with Crippen molar-refractivity contribution in [3.8, 4) is 11.5 Å². The Morgan fingerprint density at radius 1 is 0.789 bits per heavy atom. The number of β-lactam (4-membered cyclic amide) rings is 1. The molecule has 0 aliphatic carbocycles. The number of carbonyl (C=O) groups excluding carboxylic acids is 2. The first-order valence-electron chi connectivity index (χ1n) is 12.7. The predicted octanol–water partition coefficient (Wildman–Crippen LogP) is 5.82. The Labute approximate surface area is 222 Å². The van der Waals surface area contributed by atoms with E-state index in [1.165, 1.54) is 0 Å². The lowest BCUT2D eigenvalue weighted by Crippen LogP contribution is -2.75. The summed E-state index contributed by atoms with van der Waals surface area (Å²) in [6.45, 7) is 2.04. The third-order valence-corrected chi connectivity index (χ3v) is 7.53. The Kier molecular flexibility index (Phi) is 5.87. The summed E-state index contributed by atoms with van der Waals surface area (Å²) in [4.78, 5) is 31.5. The van der Waals surface area contributed by atoms with Crippen molar-refractivity contribution in [1.82, 2.24) is 0 Å². The van der Waals surface area contributed by atoms with Gasteiger partial charge in [0.25, 0.3) is 11.8 Å². The highest BCUT2D eigenvalue weighted by atomic mass is 16.5. The number of fused-ring (bicyclic) bond motifs is 3. The number of para-hydroxylation sites is 3. The standard InChI is InChI=1S/C32H28N2O4/c1-22-21-32(24-17-19-25(37-2)20-18-24)29(38-26-13-7-4-8-14-26)31(36)34(32)28-16-10-9-15-27(28)33(22)30(35)23-11-5-3-6-12-23/h3-20,22,29H,21H2,1-2H3/t22-,29+,32+/m0/s1. The molecule has 2 amide bonds. The molecular weight excluding hydrogens is 476 g/mol. The first kappa shape index (κ1) is 23.8. The van der Waals surface area contributed by atoms with Crippen LogP contribution in [0.1, 0.15) is 29.3 Å². The first-order valence-corrected chi connectivity index (χ1v) is 12.7. The molecule has 6 nitrogen and oxygen atoms in total. The van der Waals surface area contributed by atoms with Gasteiger partial charge in [0.2, 0.25) is 6.10 Å². The Morgan fingerprint density at radius 2 is 1.39 bits per heavy atom. The van der Waals surface area contributed by atoms with Gasteiger partial charge in [-0.25, -0.2) is 0 Å². The number of hydrogen-bond acceptors (Lipinski definition) is 4. The number of nitrogens with zero attached hydrogens (tertiary/aromatic N) is 2. The molecule has 0 spiro atoms. The maximum atomic E-state index is 13.9. The Bertz CT molecular complexity index is 1470. The lowest BCUT2D eigenvalue weighted by atomic mass is 9.70. The normalized spacial score (nSPS) is 22.0. The highest BCUT2D eigenvalue weighted by molar-refractivity contribution is 6.14. The maximum absolute atomic E-state index is 13.9. The number of benzene rings is 4. The molecule has 1 saturated heterocycles. The van der Waals surface area contributed by atoms with Crippen LogP contribution >= 0.6 is 0 Å². The van der Waals surface area contributed by atoms with Gasteiger partial charge in [-0.15, -0.1) is 0 Å². The van der Waals surface area contributed by atoms with Gasteiger partial charge in [0.15, 0.2) is 0 Å². The van der Waals surface area contributed by atoms with E-state index in [0.29, 0.717) is 29.1 Å². The summed E-state index contributed by atoms with van der Waals surface area (Å²) >= 11 is 0. The van der Waals surface area contributed by atoms with Crippen LogP contribution in [-0.4, -0.2) is 31.1 Å². The molecule has 0 saturated carbocycles. The third kappa shape index (κ3) is 3.64. The number of hydrogen-bond donors (Lipinski definition) is 0. The van der Waals surface area contributed by atoms with Crippen LogP contribution in [0.3, 0.4) is 0 Å². The second-order valence-corrected chi connectivity index (χ2v) is 9.72. The van der Waals surface area contributed by atoms with E-state index in [4.69, 9.17) is 9.47 Å². The molecule has 4 aromatic rings. The van der Waals surface area contributed by atoms with Gasteiger partial charge in [0.1, 0.15) is 17.0 Å². The lowest BCUT2D eigenvalue weighted by Gasteiger charge is -2.56. The van der Waals surface area contributed by atoms with Gasteiger partial charge in [-0.05, 0) is 61.0 Å². The Hall–Kier alpha value is -4.58. The second kappa shape index (κ2) is 9.38. The minimum atomic E-state index is -0.833. The molecule has 1 fully saturated rings. The van der Waals surface area contributed by atoms with E-state index in [1.54, 1.807) is 7.11 Å². The number of anilines is 2.